The smallest absolute Gasteiger partial charge is 0.333 e. The number of methoxy groups -OCH3 is 1. The first-order valence-corrected chi connectivity index (χ1v) is 8.96. The second-order valence-electron chi connectivity index (χ2n) is 4.62. The highest BCUT2D eigenvalue weighted by molar-refractivity contribution is 6.71. The molecule has 0 aromatic heterocycles. The molecule has 0 aliphatic heterocycles. The van der Waals surface area contributed by atoms with Gasteiger partial charge in [0.15, 0.2) is 8.32 Å². The molecule has 5 heteroatoms. The molecule has 0 unspecified atom stereocenters. The maximum Gasteiger partial charge on any atom is 0.333 e. The van der Waals surface area contributed by atoms with E-state index in [0.29, 0.717) is 25.4 Å². The highest BCUT2D eigenvalue weighted by Crippen LogP contribution is 2.13. The predicted octanol–water partition coefficient (Wildman–Crippen LogP) is 2.36. The molecular weight excluding hydrogens is 236 g/mol. The zero-order valence-electron chi connectivity index (χ0n) is 11.4. The fraction of sp³-hybridized carbons (Fsp3) is 0.750. The largest absolute Gasteiger partial charge is 0.462 e. The zero-order valence-corrected chi connectivity index (χ0v) is 12.4. The number of esters is 1. The Labute approximate surface area is 105 Å². The van der Waals surface area contributed by atoms with E-state index in [2.05, 4.69) is 19.7 Å². The molecule has 100 valence electrons. The Bertz CT molecular complexity index is 251. The minimum Gasteiger partial charge on any atom is -0.462 e. The third-order valence-electron chi connectivity index (χ3n) is 2.29. The van der Waals surface area contributed by atoms with Crippen molar-refractivity contribution in [1.29, 1.82) is 0 Å². The Morgan fingerprint density at radius 1 is 1.24 bits per heavy atom. The molecule has 0 rings (SSSR count). The van der Waals surface area contributed by atoms with Gasteiger partial charge in [-0.15, -0.1) is 0 Å². The number of hydrogen-bond acceptors (Lipinski definition) is 4. The van der Waals surface area contributed by atoms with E-state index in [1.54, 1.807) is 14.0 Å². The summed E-state index contributed by atoms with van der Waals surface area (Å²) in [6, 6.07) is 0.972. The maximum absolute atomic E-state index is 11.1. The van der Waals surface area contributed by atoms with Gasteiger partial charge < -0.3 is 13.9 Å². The molecule has 0 aromatic carbocycles. The van der Waals surface area contributed by atoms with Crippen LogP contribution in [-0.4, -0.2) is 41.2 Å². The summed E-state index contributed by atoms with van der Waals surface area (Å²) in [7, 11) is 0.0282. The molecule has 0 aliphatic carbocycles. The van der Waals surface area contributed by atoms with Crippen LogP contribution >= 0.6 is 0 Å². The first-order chi connectivity index (χ1) is 7.89. The molecule has 0 N–H and O–H groups in total. The molecule has 0 saturated carbocycles. The van der Waals surface area contributed by atoms with Crippen LogP contribution < -0.4 is 0 Å². The summed E-state index contributed by atoms with van der Waals surface area (Å²) in [4.78, 5) is 11.1. The quantitative estimate of drug-likeness (QED) is 0.276. The van der Waals surface area contributed by atoms with E-state index in [9.17, 15) is 4.79 Å². The highest BCUT2D eigenvalue weighted by atomic mass is 28.4. The zero-order chi connectivity index (χ0) is 13.3. The van der Waals surface area contributed by atoms with Crippen LogP contribution in [0.15, 0.2) is 12.2 Å². The van der Waals surface area contributed by atoms with Crippen LogP contribution in [0, 0.1) is 0 Å². The van der Waals surface area contributed by atoms with Gasteiger partial charge in [0.1, 0.15) is 0 Å². The molecule has 0 amide bonds. The van der Waals surface area contributed by atoms with E-state index in [4.69, 9.17) is 13.9 Å². The second-order valence-corrected chi connectivity index (χ2v) is 8.93. The fourth-order valence-electron chi connectivity index (χ4n) is 1.26. The summed E-state index contributed by atoms with van der Waals surface area (Å²) in [5.74, 6) is -0.315. The molecule has 0 aromatic rings. The number of ether oxygens (including phenoxy) is 2. The van der Waals surface area contributed by atoms with Gasteiger partial charge in [0, 0.05) is 12.7 Å². The average molecular weight is 260 g/mol. The monoisotopic (exact) mass is 260 g/mol. The van der Waals surface area contributed by atoms with Gasteiger partial charge in [0.2, 0.25) is 0 Å². The molecule has 0 spiro atoms. The van der Waals surface area contributed by atoms with Crippen molar-refractivity contribution >= 4 is 14.3 Å². The lowest BCUT2D eigenvalue weighted by Crippen LogP contribution is -2.32. The van der Waals surface area contributed by atoms with Crippen LogP contribution in [0.4, 0.5) is 0 Å². The van der Waals surface area contributed by atoms with Crippen molar-refractivity contribution in [2.45, 2.75) is 32.5 Å². The van der Waals surface area contributed by atoms with Crippen LogP contribution in [0.3, 0.4) is 0 Å². The molecule has 4 nitrogen and oxygen atoms in total. The van der Waals surface area contributed by atoms with E-state index in [-0.39, 0.29) is 5.97 Å². The Morgan fingerprint density at radius 3 is 2.41 bits per heavy atom. The van der Waals surface area contributed by atoms with E-state index < -0.39 is 8.32 Å². The molecule has 0 fully saturated rings. The Hall–Kier alpha value is -0.653. The number of hydrogen-bond donors (Lipinski definition) is 0. The van der Waals surface area contributed by atoms with E-state index in [0.717, 1.165) is 12.5 Å². The molecule has 0 heterocycles. The van der Waals surface area contributed by atoms with Crippen molar-refractivity contribution < 1.29 is 18.7 Å². The molecule has 0 bridgehead atoms. The van der Waals surface area contributed by atoms with Gasteiger partial charge in [-0.1, -0.05) is 6.58 Å². The van der Waals surface area contributed by atoms with Gasteiger partial charge in [0.05, 0.1) is 19.8 Å². The first-order valence-electron chi connectivity index (χ1n) is 5.84. The SMILES string of the molecule is C=C(C)C(=O)OCCC[Si](C)(C)OCCOC. The number of carbonyl (C=O) groups excluding carboxylic acids is 1. The van der Waals surface area contributed by atoms with Crippen LogP contribution in [0.5, 0.6) is 0 Å². The van der Waals surface area contributed by atoms with E-state index in [1.807, 2.05) is 0 Å². The summed E-state index contributed by atoms with van der Waals surface area (Å²) >= 11 is 0. The summed E-state index contributed by atoms with van der Waals surface area (Å²) in [6.07, 6.45) is 0.839. The van der Waals surface area contributed by atoms with Gasteiger partial charge in [-0.3, -0.25) is 0 Å². The number of carbonyl (C=O) groups is 1. The lowest BCUT2D eigenvalue weighted by Gasteiger charge is -2.22. The third kappa shape index (κ3) is 9.09. The molecule has 0 aliphatic rings. The van der Waals surface area contributed by atoms with Gasteiger partial charge in [-0.25, -0.2) is 4.79 Å². The van der Waals surface area contributed by atoms with Crippen LogP contribution in [0.1, 0.15) is 13.3 Å². The van der Waals surface area contributed by atoms with Crippen molar-refractivity contribution in [2.75, 3.05) is 26.9 Å². The van der Waals surface area contributed by atoms with Gasteiger partial charge in [-0.2, -0.15) is 0 Å². The third-order valence-corrected chi connectivity index (χ3v) is 4.83. The summed E-state index contributed by atoms with van der Waals surface area (Å²) < 4.78 is 15.7. The molecule has 0 atom stereocenters. The molecule has 0 saturated heterocycles. The summed E-state index contributed by atoms with van der Waals surface area (Å²) in [5, 5.41) is 0. The van der Waals surface area contributed by atoms with Crippen LogP contribution in [-0.2, 0) is 18.7 Å². The maximum atomic E-state index is 11.1. The summed E-state index contributed by atoms with van der Waals surface area (Å²) in [5.41, 5.74) is 0.442. The van der Waals surface area contributed by atoms with Crippen molar-refractivity contribution in [3.63, 3.8) is 0 Å². The standard InChI is InChI=1S/C12H24O4Si/c1-11(2)12(13)15-7-6-10-17(4,5)16-9-8-14-3/h1,6-10H2,2-5H3. The lowest BCUT2D eigenvalue weighted by atomic mass is 10.4. The minimum atomic E-state index is -1.63. The van der Waals surface area contributed by atoms with Crippen LogP contribution in [0.2, 0.25) is 19.1 Å². The first kappa shape index (κ1) is 16.3. The van der Waals surface area contributed by atoms with Gasteiger partial charge in [0.25, 0.3) is 0 Å². The average Bonchev–Trinajstić information content (AvgIpc) is 2.24. The minimum absolute atomic E-state index is 0.315. The van der Waals surface area contributed by atoms with E-state index in [1.165, 1.54) is 0 Å². The van der Waals surface area contributed by atoms with Gasteiger partial charge >= 0.3 is 5.97 Å². The lowest BCUT2D eigenvalue weighted by molar-refractivity contribution is -0.138. The Morgan fingerprint density at radius 2 is 1.88 bits per heavy atom. The topological polar surface area (TPSA) is 44.8 Å². The molecule has 17 heavy (non-hydrogen) atoms. The van der Waals surface area contributed by atoms with Crippen LogP contribution in [0.25, 0.3) is 0 Å². The Balaban J connectivity index is 3.64. The van der Waals surface area contributed by atoms with Crippen molar-refractivity contribution in [3.05, 3.63) is 12.2 Å². The molecule has 0 radical (unpaired) electrons. The predicted molar refractivity (Wildman–Crippen MR) is 70.5 cm³/mol. The van der Waals surface area contributed by atoms with E-state index >= 15 is 0 Å². The normalized spacial score (nSPS) is 11.3. The second kappa shape index (κ2) is 8.44. The van der Waals surface area contributed by atoms with Crippen molar-refractivity contribution in [1.82, 2.24) is 0 Å². The highest BCUT2D eigenvalue weighted by Gasteiger charge is 2.21. The van der Waals surface area contributed by atoms with Crippen molar-refractivity contribution in [3.8, 4) is 0 Å². The van der Waals surface area contributed by atoms with Crippen molar-refractivity contribution in [2.24, 2.45) is 0 Å². The van der Waals surface area contributed by atoms with Gasteiger partial charge in [-0.05, 0) is 32.5 Å². The number of rotatable bonds is 9. The summed E-state index contributed by atoms with van der Waals surface area (Å²) in [6.45, 7) is 11.2. The fourth-order valence-corrected chi connectivity index (χ4v) is 3.04. The Kier molecular flexibility index (Phi) is 8.12. The molecular formula is C12H24O4Si.